The lowest BCUT2D eigenvalue weighted by atomic mass is 9.78. The zero-order valence-corrected chi connectivity index (χ0v) is 20.2. The molecule has 1 saturated heterocycles. The van der Waals surface area contributed by atoms with Crippen LogP contribution in [0.2, 0.25) is 5.02 Å². The third-order valence-corrected chi connectivity index (χ3v) is 6.84. The van der Waals surface area contributed by atoms with E-state index in [1.165, 1.54) is 48.1 Å². The quantitative estimate of drug-likeness (QED) is 0.363. The highest BCUT2D eigenvalue weighted by molar-refractivity contribution is 7.12. The summed E-state index contributed by atoms with van der Waals surface area (Å²) < 4.78 is 53.3. The molecule has 1 aromatic heterocycles. The van der Waals surface area contributed by atoms with Crippen LogP contribution in [0, 0.1) is 5.92 Å². The number of carbonyl (C=O) groups is 2. The van der Waals surface area contributed by atoms with Gasteiger partial charge in [0.2, 0.25) is 5.72 Å². The molecule has 1 aliphatic rings. The van der Waals surface area contributed by atoms with E-state index in [0.717, 1.165) is 16.9 Å². The van der Waals surface area contributed by atoms with Crippen LogP contribution >= 0.6 is 22.9 Å². The van der Waals surface area contributed by atoms with E-state index in [9.17, 15) is 27.9 Å². The Morgan fingerprint density at radius 1 is 1.17 bits per heavy atom. The molecule has 3 aromatic rings. The molecule has 12 heteroatoms. The third-order valence-electron chi connectivity index (χ3n) is 5.71. The molecule has 2 heterocycles. The number of carbonyl (C=O) groups excluding carboxylic acids is 2. The highest BCUT2D eigenvalue weighted by Gasteiger charge is 2.66. The van der Waals surface area contributed by atoms with Crippen LogP contribution in [0.15, 0.2) is 60.0 Å². The number of urea groups is 1. The van der Waals surface area contributed by atoms with Crippen LogP contribution in [-0.2, 0) is 6.61 Å². The van der Waals surface area contributed by atoms with Gasteiger partial charge in [0.25, 0.3) is 0 Å². The lowest BCUT2D eigenvalue weighted by molar-refractivity contribution is -0.287. The number of aliphatic hydroxyl groups is 1. The number of thiophene rings is 1. The van der Waals surface area contributed by atoms with Crippen LogP contribution in [0.1, 0.15) is 26.8 Å². The number of amides is 2. The summed E-state index contributed by atoms with van der Waals surface area (Å²) in [6.45, 7) is 0.157. The first kappa shape index (κ1) is 25.8. The number of alkyl halides is 3. The summed E-state index contributed by atoms with van der Waals surface area (Å²) in [6, 6.07) is 11.2. The van der Waals surface area contributed by atoms with Crippen molar-refractivity contribution in [3.8, 4) is 11.5 Å². The Morgan fingerprint density at radius 3 is 2.50 bits per heavy atom. The standard InChI is InChI=1S/C24H20ClF3N2O5S/c1-34-17-11-14(6-9-16(17)35-12-13-4-7-15(25)8-5-13)20-19(21(31)18-3-2-10-36-18)23(33,24(26,27)28)30-22(32)29-20/h2-11,19-20,33H,12H2,1H3,(H2,29,30,32)/t19-,20+,23-/m1/s1. The van der Waals surface area contributed by atoms with Gasteiger partial charge < -0.3 is 25.2 Å². The Morgan fingerprint density at radius 2 is 1.89 bits per heavy atom. The van der Waals surface area contributed by atoms with Gasteiger partial charge in [0.1, 0.15) is 12.5 Å². The van der Waals surface area contributed by atoms with E-state index < -0.39 is 35.7 Å². The molecule has 3 atom stereocenters. The fourth-order valence-electron chi connectivity index (χ4n) is 3.93. The Labute approximate surface area is 212 Å². The molecule has 1 fully saturated rings. The Bertz CT molecular complexity index is 1250. The van der Waals surface area contributed by atoms with Gasteiger partial charge in [0.15, 0.2) is 17.3 Å². The molecule has 1 aliphatic heterocycles. The van der Waals surface area contributed by atoms with Crippen LogP contribution in [0.25, 0.3) is 0 Å². The van der Waals surface area contributed by atoms with Crippen molar-refractivity contribution in [2.45, 2.75) is 24.6 Å². The SMILES string of the molecule is COc1cc([C@@H]2NC(=O)N[C@](O)(C(F)(F)F)[C@H]2C(=O)c2cccs2)ccc1OCc1ccc(Cl)cc1. The van der Waals surface area contributed by atoms with Crippen LogP contribution in [0.5, 0.6) is 11.5 Å². The predicted molar refractivity (Wildman–Crippen MR) is 126 cm³/mol. The van der Waals surface area contributed by atoms with E-state index in [0.29, 0.717) is 5.02 Å². The molecular formula is C24H20ClF3N2O5S. The maximum Gasteiger partial charge on any atom is 0.437 e. The topological polar surface area (TPSA) is 96.9 Å². The second-order valence-electron chi connectivity index (χ2n) is 7.98. The lowest BCUT2D eigenvalue weighted by Crippen LogP contribution is -2.72. The number of hydrogen-bond acceptors (Lipinski definition) is 6. The van der Waals surface area contributed by atoms with E-state index >= 15 is 0 Å². The van der Waals surface area contributed by atoms with Gasteiger partial charge in [-0.3, -0.25) is 4.79 Å². The molecule has 0 bridgehead atoms. The molecule has 4 rings (SSSR count). The average Bonchev–Trinajstić information content (AvgIpc) is 3.37. The number of rotatable bonds is 7. The molecule has 2 amide bonds. The van der Waals surface area contributed by atoms with Gasteiger partial charge in [-0.2, -0.15) is 13.2 Å². The first-order valence-corrected chi connectivity index (χ1v) is 11.8. The van der Waals surface area contributed by atoms with E-state index in [1.807, 2.05) is 0 Å². The second-order valence-corrected chi connectivity index (χ2v) is 9.37. The molecule has 7 nitrogen and oxygen atoms in total. The lowest BCUT2D eigenvalue weighted by Gasteiger charge is -2.44. The first-order valence-electron chi connectivity index (χ1n) is 10.5. The van der Waals surface area contributed by atoms with Gasteiger partial charge in [-0.15, -0.1) is 11.3 Å². The van der Waals surface area contributed by atoms with Crippen molar-refractivity contribution in [1.82, 2.24) is 10.6 Å². The number of ether oxygens (including phenoxy) is 2. The number of benzene rings is 2. The van der Waals surface area contributed by atoms with Gasteiger partial charge in [0.05, 0.1) is 18.0 Å². The molecule has 0 radical (unpaired) electrons. The summed E-state index contributed by atoms with van der Waals surface area (Å²) in [5, 5.41) is 16.6. The zero-order valence-electron chi connectivity index (χ0n) is 18.6. The average molecular weight is 541 g/mol. The molecular weight excluding hydrogens is 521 g/mol. The maximum atomic E-state index is 14.0. The Balaban J connectivity index is 1.70. The van der Waals surface area contributed by atoms with Gasteiger partial charge in [-0.05, 0) is 46.8 Å². The summed E-state index contributed by atoms with van der Waals surface area (Å²) in [4.78, 5) is 25.4. The van der Waals surface area contributed by atoms with Crippen LogP contribution in [-0.4, -0.2) is 35.9 Å². The fraction of sp³-hybridized carbons (Fsp3) is 0.250. The normalized spacial score (nSPS) is 21.9. The van der Waals surface area contributed by atoms with E-state index in [4.69, 9.17) is 21.1 Å². The Kier molecular flexibility index (Phi) is 7.17. The number of hydrogen-bond donors (Lipinski definition) is 3. The highest BCUT2D eigenvalue weighted by Crippen LogP contribution is 2.45. The molecule has 2 aromatic carbocycles. The maximum absolute atomic E-state index is 14.0. The molecule has 36 heavy (non-hydrogen) atoms. The van der Waals surface area contributed by atoms with Crippen molar-refractivity contribution in [1.29, 1.82) is 0 Å². The zero-order chi connectivity index (χ0) is 26.1. The van der Waals surface area contributed by atoms with Crippen molar-refractivity contribution in [2.75, 3.05) is 7.11 Å². The van der Waals surface area contributed by atoms with Gasteiger partial charge in [-0.1, -0.05) is 35.9 Å². The van der Waals surface area contributed by atoms with Crippen molar-refractivity contribution in [3.05, 3.63) is 81.0 Å². The molecule has 0 aliphatic carbocycles. The van der Waals surface area contributed by atoms with Gasteiger partial charge in [-0.25, -0.2) is 4.79 Å². The second kappa shape index (κ2) is 10.00. The summed E-state index contributed by atoms with van der Waals surface area (Å²) in [5.74, 6) is -2.67. The number of nitrogens with one attached hydrogen (secondary N) is 2. The van der Waals surface area contributed by atoms with Crippen molar-refractivity contribution in [3.63, 3.8) is 0 Å². The van der Waals surface area contributed by atoms with Crippen LogP contribution in [0.3, 0.4) is 0 Å². The molecule has 0 saturated carbocycles. The van der Waals surface area contributed by atoms with Crippen molar-refractivity contribution < 1.29 is 37.3 Å². The predicted octanol–water partition coefficient (Wildman–Crippen LogP) is 5.09. The Hall–Kier alpha value is -3.28. The third kappa shape index (κ3) is 4.99. The highest BCUT2D eigenvalue weighted by atomic mass is 35.5. The van der Waals surface area contributed by atoms with E-state index in [2.05, 4.69) is 5.32 Å². The van der Waals surface area contributed by atoms with Crippen molar-refractivity contribution >= 4 is 34.8 Å². The number of halogens is 4. The molecule has 0 unspecified atom stereocenters. The minimum atomic E-state index is -5.34. The smallest absolute Gasteiger partial charge is 0.437 e. The minimum Gasteiger partial charge on any atom is -0.493 e. The minimum absolute atomic E-state index is 0.000469. The van der Waals surface area contributed by atoms with Crippen LogP contribution in [0.4, 0.5) is 18.0 Å². The summed E-state index contributed by atoms with van der Waals surface area (Å²) in [7, 11) is 1.34. The first-order chi connectivity index (χ1) is 17.0. The summed E-state index contributed by atoms with van der Waals surface area (Å²) >= 11 is 6.81. The van der Waals surface area contributed by atoms with Crippen LogP contribution < -0.4 is 20.1 Å². The molecule has 3 N–H and O–H groups in total. The number of Topliss-reactive ketones (excluding diaryl/α,β-unsaturated/α-hetero) is 1. The van der Waals surface area contributed by atoms with E-state index in [-0.39, 0.29) is 28.5 Å². The monoisotopic (exact) mass is 540 g/mol. The van der Waals surface area contributed by atoms with Gasteiger partial charge in [0, 0.05) is 5.02 Å². The van der Waals surface area contributed by atoms with Crippen molar-refractivity contribution in [2.24, 2.45) is 5.92 Å². The number of ketones is 1. The van der Waals surface area contributed by atoms with E-state index in [1.54, 1.807) is 24.3 Å². The molecule has 0 spiro atoms. The summed E-state index contributed by atoms with van der Waals surface area (Å²) in [5.41, 5.74) is -2.89. The number of methoxy groups -OCH3 is 1. The fourth-order valence-corrected chi connectivity index (χ4v) is 4.76. The largest absolute Gasteiger partial charge is 0.493 e. The molecule has 190 valence electrons. The van der Waals surface area contributed by atoms with Gasteiger partial charge >= 0.3 is 12.2 Å². The summed E-state index contributed by atoms with van der Waals surface area (Å²) in [6.07, 6.45) is -5.34.